The van der Waals surface area contributed by atoms with E-state index in [4.69, 9.17) is 46.4 Å². The van der Waals surface area contributed by atoms with Crippen LogP contribution < -0.4 is 5.32 Å². The number of fused-ring (bicyclic) bond motifs is 1. The molecular weight excluding hydrogens is 500 g/mol. The Labute approximate surface area is 203 Å². The summed E-state index contributed by atoms with van der Waals surface area (Å²) in [6.07, 6.45) is 0. The van der Waals surface area contributed by atoms with Crippen LogP contribution in [0.15, 0.2) is 36.4 Å². The van der Waals surface area contributed by atoms with Gasteiger partial charge in [-0.1, -0.05) is 52.5 Å². The monoisotopic (exact) mass is 515 g/mol. The first-order chi connectivity index (χ1) is 14.8. The summed E-state index contributed by atoms with van der Waals surface area (Å²) in [4.78, 5) is 29.7. The third kappa shape index (κ3) is 5.11. The van der Waals surface area contributed by atoms with Crippen LogP contribution in [0.4, 0.5) is 5.69 Å². The van der Waals surface area contributed by atoms with Gasteiger partial charge in [0.25, 0.3) is 5.91 Å². The van der Waals surface area contributed by atoms with Gasteiger partial charge in [0.1, 0.15) is 4.88 Å². The Bertz CT molecular complexity index is 1160. The maximum Gasteiger partial charge on any atom is 0.265 e. The first-order valence-electron chi connectivity index (χ1n) is 9.46. The number of benzene rings is 2. The number of anilines is 1. The zero-order chi connectivity index (χ0) is 22.1. The molecule has 5 nitrogen and oxygen atoms in total. The second kappa shape index (κ2) is 9.53. The van der Waals surface area contributed by atoms with Crippen LogP contribution >= 0.6 is 57.7 Å². The third-order valence-electron chi connectivity index (χ3n) is 5.02. The third-order valence-corrected chi connectivity index (χ3v) is 7.45. The summed E-state index contributed by atoms with van der Waals surface area (Å²) >= 11 is 25.8. The van der Waals surface area contributed by atoms with Crippen molar-refractivity contribution in [2.45, 2.75) is 0 Å². The minimum atomic E-state index is -0.173. The minimum absolute atomic E-state index is 0.0978. The molecule has 2 heterocycles. The number of rotatable bonds is 4. The van der Waals surface area contributed by atoms with Gasteiger partial charge in [0, 0.05) is 46.3 Å². The fourth-order valence-corrected chi connectivity index (χ4v) is 5.62. The van der Waals surface area contributed by atoms with E-state index < -0.39 is 0 Å². The molecule has 4 rings (SSSR count). The molecular formula is C21H17Cl4N3O2S. The summed E-state index contributed by atoms with van der Waals surface area (Å²) in [6.45, 7) is 2.41. The SMILES string of the molecule is O=C(CN1CCN(C(=O)c2sc3cc(Cl)ccc3c2Cl)CC1)Nc1ccc(Cl)cc1Cl. The van der Waals surface area contributed by atoms with Gasteiger partial charge in [-0.15, -0.1) is 11.3 Å². The predicted octanol–water partition coefficient (Wildman–Crippen LogP) is 5.91. The fraction of sp³-hybridized carbons (Fsp3) is 0.238. The van der Waals surface area contributed by atoms with Crippen LogP contribution in [-0.2, 0) is 4.79 Å². The number of thiophene rings is 1. The van der Waals surface area contributed by atoms with Crippen molar-refractivity contribution in [3.05, 3.63) is 61.4 Å². The highest BCUT2D eigenvalue weighted by atomic mass is 35.5. The van der Waals surface area contributed by atoms with Gasteiger partial charge in [-0.3, -0.25) is 14.5 Å². The zero-order valence-corrected chi connectivity index (χ0v) is 20.0. The van der Waals surface area contributed by atoms with Crippen molar-refractivity contribution >= 4 is 85.3 Å². The second-order valence-corrected chi connectivity index (χ2v) is 9.84. The first-order valence-corrected chi connectivity index (χ1v) is 11.8. The maximum absolute atomic E-state index is 13.0. The molecule has 1 aliphatic heterocycles. The Kier molecular flexibility index (Phi) is 6.96. The van der Waals surface area contributed by atoms with Crippen LogP contribution in [0.1, 0.15) is 9.67 Å². The van der Waals surface area contributed by atoms with Gasteiger partial charge < -0.3 is 10.2 Å². The summed E-state index contributed by atoms with van der Waals surface area (Å²) in [5, 5.41) is 5.58. The van der Waals surface area contributed by atoms with Gasteiger partial charge in [-0.25, -0.2) is 0 Å². The lowest BCUT2D eigenvalue weighted by Gasteiger charge is -2.34. The summed E-state index contributed by atoms with van der Waals surface area (Å²) in [5.41, 5.74) is 0.518. The summed E-state index contributed by atoms with van der Waals surface area (Å²) < 4.78 is 0.886. The van der Waals surface area contributed by atoms with Crippen LogP contribution in [0, 0.1) is 0 Å². The highest BCUT2D eigenvalue weighted by molar-refractivity contribution is 7.21. The number of nitrogens with one attached hydrogen (secondary N) is 1. The Hall–Kier alpha value is -1.54. The highest BCUT2D eigenvalue weighted by Crippen LogP contribution is 2.37. The Balaban J connectivity index is 1.34. The number of halogens is 4. The predicted molar refractivity (Wildman–Crippen MR) is 129 cm³/mol. The molecule has 0 aliphatic carbocycles. The van der Waals surface area contributed by atoms with E-state index >= 15 is 0 Å². The lowest BCUT2D eigenvalue weighted by Crippen LogP contribution is -2.50. The molecule has 10 heteroatoms. The second-order valence-electron chi connectivity index (χ2n) is 7.13. The van der Waals surface area contributed by atoms with E-state index in [9.17, 15) is 9.59 Å². The van der Waals surface area contributed by atoms with E-state index in [0.717, 1.165) is 10.1 Å². The highest BCUT2D eigenvalue weighted by Gasteiger charge is 2.27. The minimum Gasteiger partial charge on any atom is -0.335 e. The Morgan fingerprint density at radius 1 is 0.935 bits per heavy atom. The molecule has 0 atom stereocenters. The number of carbonyl (C=O) groups excluding carboxylic acids is 2. The topological polar surface area (TPSA) is 52.7 Å². The van der Waals surface area contributed by atoms with Crippen LogP contribution in [0.5, 0.6) is 0 Å². The van der Waals surface area contributed by atoms with Crippen molar-refractivity contribution in [1.82, 2.24) is 9.80 Å². The molecule has 1 fully saturated rings. The molecule has 0 unspecified atom stereocenters. The molecule has 1 aliphatic rings. The molecule has 162 valence electrons. The van der Waals surface area contributed by atoms with E-state index in [2.05, 4.69) is 5.32 Å². The average molecular weight is 517 g/mol. The van der Waals surface area contributed by atoms with E-state index in [-0.39, 0.29) is 18.4 Å². The van der Waals surface area contributed by atoms with Crippen molar-refractivity contribution < 1.29 is 9.59 Å². The molecule has 0 spiro atoms. The Morgan fingerprint density at radius 2 is 1.61 bits per heavy atom. The quantitative estimate of drug-likeness (QED) is 0.468. The van der Waals surface area contributed by atoms with Gasteiger partial charge in [0.2, 0.25) is 5.91 Å². The molecule has 2 amide bonds. The van der Waals surface area contributed by atoms with Crippen molar-refractivity contribution in [2.75, 3.05) is 38.0 Å². The smallest absolute Gasteiger partial charge is 0.265 e. The molecule has 3 aromatic rings. The lowest BCUT2D eigenvalue weighted by molar-refractivity contribution is -0.117. The van der Waals surface area contributed by atoms with E-state index in [0.29, 0.717) is 56.8 Å². The number of carbonyl (C=O) groups is 2. The summed E-state index contributed by atoms with van der Waals surface area (Å²) in [7, 11) is 0. The normalized spacial score (nSPS) is 14.8. The van der Waals surface area contributed by atoms with Crippen LogP contribution in [0.3, 0.4) is 0 Å². The van der Waals surface area contributed by atoms with Crippen LogP contribution in [-0.4, -0.2) is 54.3 Å². The van der Waals surface area contributed by atoms with E-state index in [1.54, 1.807) is 29.2 Å². The number of piperazine rings is 1. The van der Waals surface area contributed by atoms with Gasteiger partial charge in [0.05, 0.1) is 22.3 Å². The average Bonchev–Trinajstić information content (AvgIpc) is 3.05. The van der Waals surface area contributed by atoms with Gasteiger partial charge in [-0.05, 0) is 30.3 Å². The van der Waals surface area contributed by atoms with E-state index in [1.807, 2.05) is 17.0 Å². The molecule has 1 N–H and O–H groups in total. The first kappa shape index (κ1) is 22.6. The molecule has 1 saturated heterocycles. The van der Waals surface area contributed by atoms with Crippen LogP contribution in [0.2, 0.25) is 20.1 Å². The standard InChI is InChI=1S/C21H17Cl4N3O2S/c22-12-2-4-16(15(24)9-12)26-18(29)11-27-5-7-28(8-6-27)21(30)20-19(25)14-3-1-13(23)10-17(14)31-20/h1-4,9-10H,5-8,11H2,(H,26,29). The zero-order valence-electron chi connectivity index (χ0n) is 16.1. The molecule has 0 saturated carbocycles. The van der Waals surface area contributed by atoms with Gasteiger partial charge in [0.15, 0.2) is 0 Å². The number of amides is 2. The van der Waals surface area contributed by atoms with Crippen molar-refractivity contribution in [3.63, 3.8) is 0 Å². The molecule has 0 bridgehead atoms. The lowest BCUT2D eigenvalue weighted by atomic mass is 10.2. The van der Waals surface area contributed by atoms with Crippen molar-refractivity contribution in [1.29, 1.82) is 0 Å². The number of hydrogen-bond acceptors (Lipinski definition) is 4. The van der Waals surface area contributed by atoms with Crippen molar-refractivity contribution in [3.8, 4) is 0 Å². The molecule has 31 heavy (non-hydrogen) atoms. The molecule has 1 aromatic heterocycles. The van der Waals surface area contributed by atoms with Crippen molar-refractivity contribution in [2.24, 2.45) is 0 Å². The largest absolute Gasteiger partial charge is 0.335 e. The van der Waals surface area contributed by atoms with Crippen LogP contribution in [0.25, 0.3) is 10.1 Å². The number of hydrogen-bond donors (Lipinski definition) is 1. The van der Waals surface area contributed by atoms with Gasteiger partial charge in [-0.2, -0.15) is 0 Å². The summed E-state index contributed by atoms with van der Waals surface area (Å²) in [5.74, 6) is -0.271. The summed E-state index contributed by atoms with van der Waals surface area (Å²) in [6, 6.07) is 10.3. The molecule has 0 radical (unpaired) electrons. The van der Waals surface area contributed by atoms with E-state index in [1.165, 1.54) is 11.3 Å². The Morgan fingerprint density at radius 3 is 2.32 bits per heavy atom. The van der Waals surface area contributed by atoms with Gasteiger partial charge >= 0.3 is 0 Å². The number of nitrogens with zero attached hydrogens (tertiary/aromatic N) is 2. The fourth-order valence-electron chi connectivity index (χ4n) is 3.41. The maximum atomic E-state index is 13.0. The molecule has 2 aromatic carbocycles.